The van der Waals surface area contributed by atoms with Crippen molar-refractivity contribution in [2.24, 2.45) is 0 Å². The van der Waals surface area contributed by atoms with Gasteiger partial charge in [0.25, 0.3) is 0 Å². The molecule has 0 amide bonds. The van der Waals surface area contributed by atoms with Crippen LogP contribution >= 0.6 is 8.58 Å². The maximum Gasteiger partial charge on any atom is -0.0184 e. The van der Waals surface area contributed by atoms with Crippen LogP contribution in [0, 0.1) is 0 Å². The van der Waals surface area contributed by atoms with Gasteiger partial charge < -0.3 is 0 Å². The van der Waals surface area contributed by atoms with Crippen LogP contribution in [0.15, 0.2) is 24.3 Å². The van der Waals surface area contributed by atoms with E-state index in [1.807, 2.05) is 0 Å². The Kier molecular flexibility index (Phi) is 3.32. The van der Waals surface area contributed by atoms with Crippen LogP contribution in [0.3, 0.4) is 0 Å². The van der Waals surface area contributed by atoms with Crippen molar-refractivity contribution in [3.05, 3.63) is 35.4 Å². The average molecular weight is 164 g/mol. The van der Waals surface area contributed by atoms with Gasteiger partial charge in [0.1, 0.15) is 0 Å². The predicted molar refractivity (Wildman–Crippen MR) is 55.5 cm³/mol. The van der Waals surface area contributed by atoms with Gasteiger partial charge in [0.15, 0.2) is 0 Å². The lowest BCUT2D eigenvalue weighted by molar-refractivity contribution is 1.58. The lowest BCUT2D eigenvalue weighted by atomic mass is 9.99. The highest BCUT2D eigenvalue weighted by Crippen LogP contribution is 2.21. The van der Waals surface area contributed by atoms with Gasteiger partial charge in [0, 0.05) is 0 Å². The zero-order valence-corrected chi connectivity index (χ0v) is 7.96. The second kappa shape index (κ2) is 4.31. The van der Waals surface area contributed by atoms with Gasteiger partial charge in [0.05, 0.1) is 0 Å². The predicted octanol–water partition coefficient (Wildman–Crippen LogP) is 3.09. The molecule has 0 spiro atoms. The molecule has 0 fully saturated rings. The third kappa shape index (κ3) is 2.17. The Morgan fingerprint density at radius 1 is 0.909 bits per heavy atom. The summed E-state index contributed by atoms with van der Waals surface area (Å²) in [7, 11) is 1.08. The maximum absolute atomic E-state index is 2.15. The minimum atomic E-state index is 1.08. The molecular weight excluding hydrogens is 151 g/mol. The first-order valence-corrected chi connectivity index (χ1v) is 5.74. The van der Waals surface area contributed by atoms with Gasteiger partial charge >= 0.3 is 0 Å². The van der Waals surface area contributed by atoms with Crippen LogP contribution in [0.1, 0.15) is 11.1 Å². The monoisotopic (exact) mass is 164 g/mol. The highest BCUT2D eigenvalue weighted by Gasteiger charge is 1.99. The molecule has 1 aromatic carbocycles. The minimum Gasteiger partial charge on any atom is -0.129 e. The molecule has 0 aromatic heterocycles. The molecule has 0 bridgehead atoms. The Balaban J connectivity index is 0.000000179. The Bertz CT molecular complexity index is 226. The van der Waals surface area contributed by atoms with Gasteiger partial charge in [-0.05, 0) is 24.5 Å². The summed E-state index contributed by atoms with van der Waals surface area (Å²) in [6.45, 7) is 4.31. The molecule has 1 aromatic rings. The topological polar surface area (TPSA) is 0 Å². The average Bonchev–Trinajstić information content (AvgIpc) is 1.94. The van der Waals surface area contributed by atoms with Crippen molar-refractivity contribution in [1.29, 1.82) is 0 Å². The summed E-state index contributed by atoms with van der Waals surface area (Å²) in [5.41, 5.74) is 2.74. The fourth-order valence-electron chi connectivity index (χ4n) is 0.898. The van der Waals surface area contributed by atoms with Crippen molar-refractivity contribution in [1.82, 2.24) is 0 Å². The summed E-state index contributed by atoms with van der Waals surface area (Å²) in [4.78, 5) is 0. The van der Waals surface area contributed by atoms with Gasteiger partial charge in [-0.25, -0.2) is 0 Å². The van der Waals surface area contributed by atoms with Crippen molar-refractivity contribution in [2.45, 2.75) is 0 Å². The molecule has 11 heavy (non-hydrogen) atoms. The Morgan fingerprint density at radius 3 is 1.45 bits per heavy atom. The summed E-state index contributed by atoms with van der Waals surface area (Å²) in [6.07, 6.45) is 4.24. The molecule has 1 aliphatic carbocycles. The van der Waals surface area contributed by atoms with Crippen LogP contribution in [-0.2, 0) is 0 Å². The molecule has 0 aliphatic heterocycles. The number of fused-ring (bicyclic) bond motifs is 1. The second-order valence-electron chi connectivity index (χ2n) is 2.46. The normalized spacial score (nSPS) is 10.7. The molecule has 0 atom stereocenters. The summed E-state index contributed by atoms with van der Waals surface area (Å²) >= 11 is 0. The van der Waals surface area contributed by atoms with E-state index in [4.69, 9.17) is 0 Å². The Morgan fingerprint density at radius 2 is 1.27 bits per heavy atom. The molecule has 0 unspecified atom stereocenters. The fourth-order valence-corrected chi connectivity index (χ4v) is 0.898. The SMILES string of the molecule is C1=Cc2ccccc21.CPC. The molecule has 1 heteroatoms. The first-order chi connectivity index (χ1) is 5.38. The van der Waals surface area contributed by atoms with Crippen molar-refractivity contribution in [3.63, 3.8) is 0 Å². The minimum absolute atomic E-state index is 1.08. The van der Waals surface area contributed by atoms with Crippen LogP contribution in [0.4, 0.5) is 0 Å². The van der Waals surface area contributed by atoms with Crippen molar-refractivity contribution in [2.75, 3.05) is 13.3 Å². The smallest absolute Gasteiger partial charge is 0.0184 e. The van der Waals surface area contributed by atoms with Crippen LogP contribution in [0.5, 0.6) is 0 Å². The molecule has 0 saturated carbocycles. The highest BCUT2D eigenvalue weighted by atomic mass is 31.1. The maximum atomic E-state index is 2.15. The van der Waals surface area contributed by atoms with E-state index in [-0.39, 0.29) is 0 Å². The van der Waals surface area contributed by atoms with Crippen LogP contribution in [-0.4, -0.2) is 13.3 Å². The first-order valence-electron chi connectivity index (χ1n) is 3.74. The summed E-state index contributed by atoms with van der Waals surface area (Å²) in [5.74, 6) is 0. The third-order valence-electron chi connectivity index (χ3n) is 1.44. The lowest BCUT2D eigenvalue weighted by Crippen LogP contribution is -1.85. The molecule has 0 radical (unpaired) electrons. The molecule has 2 rings (SSSR count). The van der Waals surface area contributed by atoms with Gasteiger partial charge in [-0.1, -0.05) is 36.4 Å². The standard InChI is InChI=1S/C8H6.C2H7P/c1-2-4-8-6-5-7(8)3-1;1-3-2/h1-6H;3H,1-2H3. The van der Waals surface area contributed by atoms with E-state index in [0.29, 0.717) is 0 Å². The Labute approximate surface area is 70.1 Å². The summed E-state index contributed by atoms with van der Waals surface area (Å²) in [6, 6.07) is 8.36. The molecule has 0 N–H and O–H groups in total. The first kappa shape index (κ1) is 8.49. The molecular formula is C10H13P. The summed E-state index contributed by atoms with van der Waals surface area (Å²) in [5, 5.41) is 0. The van der Waals surface area contributed by atoms with Gasteiger partial charge in [0.2, 0.25) is 0 Å². The van der Waals surface area contributed by atoms with Crippen LogP contribution in [0.2, 0.25) is 0 Å². The molecule has 58 valence electrons. The van der Waals surface area contributed by atoms with E-state index >= 15 is 0 Å². The summed E-state index contributed by atoms with van der Waals surface area (Å²) < 4.78 is 0. The van der Waals surface area contributed by atoms with Crippen LogP contribution < -0.4 is 0 Å². The highest BCUT2D eigenvalue weighted by molar-refractivity contribution is 7.35. The molecule has 0 heterocycles. The van der Waals surface area contributed by atoms with Crippen molar-refractivity contribution in [3.8, 4) is 0 Å². The number of hydrogen-bond acceptors (Lipinski definition) is 0. The largest absolute Gasteiger partial charge is 0.129 e. The number of benzene rings is 1. The molecule has 1 aliphatic rings. The van der Waals surface area contributed by atoms with Gasteiger partial charge in [-0.15, -0.1) is 8.58 Å². The van der Waals surface area contributed by atoms with E-state index in [9.17, 15) is 0 Å². The van der Waals surface area contributed by atoms with Crippen LogP contribution in [0.25, 0.3) is 12.2 Å². The number of rotatable bonds is 0. The fraction of sp³-hybridized carbons (Fsp3) is 0.200. The van der Waals surface area contributed by atoms with E-state index < -0.39 is 0 Å². The molecule has 0 nitrogen and oxygen atoms in total. The quantitative estimate of drug-likeness (QED) is 0.525. The second-order valence-corrected chi connectivity index (χ2v) is 3.46. The van der Waals surface area contributed by atoms with Crippen molar-refractivity contribution >= 4 is 20.7 Å². The molecule has 0 saturated heterocycles. The van der Waals surface area contributed by atoms with E-state index in [1.54, 1.807) is 0 Å². The van der Waals surface area contributed by atoms with E-state index in [0.717, 1.165) is 8.58 Å². The zero-order chi connectivity index (χ0) is 8.10. The zero-order valence-electron chi connectivity index (χ0n) is 6.96. The van der Waals surface area contributed by atoms with Gasteiger partial charge in [-0.3, -0.25) is 0 Å². The Hall–Kier alpha value is -0.610. The van der Waals surface area contributed by atoms with Gasteiger partial charge in [-0.2, -0.15) is 0 Å². The lowest BCUT2D eigenvalue weighted by Gasteiger charge is -2.06. The van der Waals surface area contributed by atoms with Crippen molar-refractivity contribution < 1.29 is 0 Å². The van der Waals surface area contributed by atoms with E-state index in [2.05, 4.69) is 49.7 Å². The van der Waals surface area contributed by atoms with E-state index in [1.165, 1.54) is 11.1 Å². The third-order valence-corrected chi connectivity index (χ3v) is 1.44. The number of hydrogen-bond donors (Lipinski definition) is 0.